The summed E-state index contributed by atoms with van der Waals surface area (Å²) in [5.41, 5.74) is 0.515. The van der Waals surface area contributed by atoms with Crippen LogP contribution in [-0.2, 0) is 16.0 Å². The highest BCUT2D eigenvalue weighted by molar-refractivity contribution is 9.10. The second-order valence-electron chi connectivity index (χ2n) is 7.85. The molecular formula is C18H24BrN3O4. The molecule has 1 N–H and O–H groups in total. The summed E-state index contributed by atoms with van der Waals surface area (Å²) in [6.45, 7) is 10.8. The topological polar surface area (TPSA) is 82.5 Å². The zero-order valence-electron chi connectivity index (χ0n) is 15.8. The van der Waals surface area contributed by atoms with E-state index in [9.17, 15) is 9.59 Å². The van der Waals surface area contributed by atoms with Crippen LogP contribution in [0.3, 0.4) is 0 Å². The van der Waals surface area contributed by atoms with Gasteiger partial charge in [0, 0.05) is 0 Å². The zero-order valence-corrected chi connectivity index (χ0v) is 17.4. The minimum atomic E-state index is -0.646. The van der Waals surface area contributed by atoms with Crippen molar-refractivity contribution in [2.24, 2.45) is 0 Å². The Bertz CT molecular complexity index is 831. The lowest BCUT2D eigenvalue weighted by atomic mass is 10.2. The fourth-order valence-corrected chi connectivity index (χ4v) is 2.57. The molecule has 0 aromatic carbocycles. The number of halogens is 1. The van der Waals surface area contributed by atoms with Gasteiger partial charge >= 0.3 is 12.2 Å². The molecule has 1 amide bonds. The van der Waals surface area contributed by atoms with E-state index in [2.05, 4.69) is 26.2 Å². The maximum Gasteiger partial charge on any atom is 0.419 e. The lowest BCUT2D eigenvalue weighted by Gasteiger charge is -2.21. The number of hydrogen-bond acceptors (Lipinski definition) is 5. The molecular weight excluding hydrogens is 402 g/mol. The SMILES string of the molecule is CC(C)(C)OC(=O)NCc1cc2nc(Br)ccc2n1C(=O)OC(C)(C)C. The third-order valence-electron chi connectivity index (χ3n) is 3.09. The average molecular weight is 426 g/mol. The number of pyridine rings is 1. The Morgan fingerprint density at radius 2 is 1.73 bits per heavy atom. The Labute approximate surface area is 161 Å². The number of amides is 1. The van der Waals surface area contributed by atoms with E-state index in [0.717, 1.165) is 0 Å². The number of nitrogens with one attached hydrogen (secondary N) is 1. The Kier molecular flexibility index (Phi) is 5.65. The summed E-state index contributed by atoms with van der Waals surface area (Å²) in [6.07, 6.45) is -1.09. The van der Waals surface area contributed by atoms with Crippen molar-refractivity contribution in [2.45, 2.75) is 59.3 Å². The Morgan fingerprint density at radius 1 is 1.12 bits per heavy atom. The van der Waals surface area contributed by atoms with Crippen molar-refractivity contribution in [3.8, 4) is 0 Å². The molecule has 8 heteroatoms. The molecule has 142 valence electrons. The summed E-state index contributed by atoms with van der Waals surface area (Å²) in [4.78, 5) is 29.0. The van der Waals surface area contributed by atoms with Gasteiger partial charge in [0.15, 0.2) is 0 Å². The molecule has 0 saturated heterocycles. The van der Waals surface area contributed by atoms with E-state index < -0.39 is 23.4 Å². The molecule has 2 heterocycles. The number of hydrogen-bond donors (Lipinski definition) is 1. The van der Waals surface area contributed by atoms with Crippen molar-refractivity contribution in [1.29, 1.82) is 0 Å². The number of carbonyl (C=O) groups is 2. The first-order chi connectivity index (χ1) is 11.9. The molecule has 0 aliphatic heterocycles. The molecule has 0 spiro atoms. The molecule has 26 heavy (non-hydrogen) atoms. The summed E-state index contributed by atoms with van der Waals surface area (Å²) >= 11 is 3.32. The van der Waals surface area contributed by atoms with Gasteiger partial charge in [-0.3, -0.25) is 0 Å². The maximum absolute atomic E-state index is 12.7. The van der Waals surface area contributed by atoms with Gasteiger partial charge in [0.05, 0.1) is 23.3 Å². The predicted octanol–water partition coefficient (Wildman–Crippen LogP) is 4.61. The molecule has 0 fully saturated rings. The number of nitrogens with zero attached hydrogens (tertiary/aromatic N) is 2. The highest BCUT2D eigenvalue weighted by Gasteiger charge is 2.23. The van der Waals surface area contributed by atoms with E-state index in [1.54, 1.807) is 59.7 Å². The van der Waals surface area contributed by atoms with Crippen LogP contribution in [0.1, 0.15) is 47.2 Å². The molecule has 2 aromatic heterocycles. The van der Waals surface area contributed by atoms with E-state index in [4.69, 9.17) is 9.47 Å². The van der Waals surface area contributed by atoms with E-state index >= 15 is 0 Å². The monoisotopic (exact) mass is 425 g/mol. The summed E-state index contributed by atoms with van der Waals surface area (Å²) < 4.78 is 12.8. The van der Waals surface area contributed by atoms with Crippen molar-refractivity contribution in [2.75, 3.05) is 0 Å². The van der Waals surface area contributed by atoms with Crippen LogP contribution in [0.2, 0.25) is 0 Å². The summed E-state index contributed by atoms with van der Waals surface area (Å²) in [5, 5.41) is 2.66. The molecule has 2 aromatic rings. The van der Waals surface area contributed by atoms with Crippen LogP contribution in [0.4, 0.5) is 9.59 Å². The van der Waals surface area contributed by atoms with Gasteiger partial charge in [-0.25, -0.2) is 19.1 Å². The summed E-state index contributed by atoms with van der Waals surface area (Å²) in [5.74, 6) is 0. The average Bonchev–Trinajstić information content (AvgIpc) is 2.78. The number of aromatic nitrogens is 2. The van der Waals surface area contributed by atoms with Crippen LogP contribution in [0.5, 0.6) is 0 Å². The highest BCUT2D eigenvalue weighted by atomic mass is 79.9. The van der Waals surface area contributed by atoms with E-state index in [-0.39, 0.29) is 6.54 Å². The molecule has 0 aliphatic carbocycles. The van der Waals surface area contributed by atoms with Crippen LogP contribution in [0.15, 0.2) is 22.8 Å². The fraction of sp³-hybridized carbons (Fsp3) is 0.500. The van der Waals surface area contributed by atoms with Crippen molar-refractivity contribution >= 4 is 39.1 Å². The van der Waals surface area contributed by atoms with Gasteiger partial charge in [0.25, 0.3) is 0 Å². The molecule has 7 nitrogen and oxygen atoms in total. The smallest absolute Gasteiger partial charge is 0.419 e. The van der Waals surface area contributed by atoms with Gasteiger partial charge in [-0.15, -0.1) is 0 Å². The van der Waals surface area contributed by atoms with Crippen LogP contribution >= 0.6 is 15.9 Å². The van der Waals surface area contributed by atoms with Gasteiger partial charge in [-0.05, 0) is 75.7 Å². The minimum absolute atomic E-state index is 0.0993. The largest absolute Gasteiger partial charge is 0.444 e. The van der Waals surface area contributed by atoms with Crippen LogP contribution < -0.4 is 5.32 Å². The molecule has 0 unspecified atom stereocenters. The summed E-state index contributed by atoms with van der Waals surface area (Å²) in [7, 11) is 0. The van der Waals surface area contributed by atoms with Gasteiger partial charge in [0.2, 0.25) is 0 Å². The standard InChI is InChI=1S/C18H24BrN3O4/c1-17(2,3)25-15(23)20-10-11-9-12-13(7-8-14(19)21-12)22(11)16(24)26-18(4,5)6/h7-9H,10H2,1-6H3,(H,20,23). The molecule has 0 saturated carbocycles. The van der Waals surface area contributed by atoms with E-state index in [0.29, 0.717) is 21.3 Å². The van der Waals surface area contributed by atoms with Gasteiger partial charge < -0.3 is 14.8 Å². The number of alkyl carbamates (subject to hydrolysis) is 1. The molecule has 0 radical (unpaired) electrons. The minimum Gasteiger partial charge on any atom is -0.444 e. The normalized spacial score (nSPS) is 12.1. The van der Waals surface area contributed by atoms with Gasteiger partial charge in [0.1, 0.15) is 15.8 Å². The Balaban J connectivity index is 2.34. The Morgan fingerprint density at radius 3 is 2.31 bits per heavy atom. The number of rotatable bonds is 2. The van der Waals surface area contributed by atoms with Crippen molar-refractivity contribution in [3.05, 3.63) is 28.5 Å². The Hall–Kier alpha value is -2.09. The number of fused-ring (bicyclic) bond motifs is 1. The molecule has 0 aliphatic rings. The first-order valence-corrected chi connectivity index (χ1v) is 9.02. The molecule has 0 bridgehead atoms. The quantitative estimate of drug-likeness (QED) is 0.710. The summed E-state index contributed by atoms with van der Waals surface area (Å²) in [6, 6.07) is 5.25. The molecule has 2 rings (SSSR count). The third kappa shape index (κ3) is 5.45. The van der Waals surface area contributed by atoms with Crippen LogP contribution in [-0.4, -0.2) is 32.9 Å². The van der Waals surface area contributed by atoms with Crippen molar-refractivity contribution in [1.82, 2.24) is 14.9 Å². The zero-order chi connectivity index (χ0) is 19.7. The van der Waals surface area contributed by atoms with Crippen LogP contribution in [0, 0.1) is 0 Å². The van der Waals surface area contributed by atoms with Crippen molar-refractivity contribution in [3.63, 3.8) is 0 Å². The first kappa shape index (κ1) is 20.2. The van der Waals surface area contributed by atoms with Gasteiger partial charge in [-0.1, -0.05) is 0 Å². The second kappa shape index (κ2) is 7.26. The van der Waals surface area contributed by atoms with Crippen LogP contribution in [0.25, 0.3) is 11.0 Å². The lowest BCUT2D eigenvalue weighted by molar-refractivity contribution is 0.0498. The van der Waals surface area contributed by atoms with E-state index in [1.807, 2.05) is 0 Å². The second-order valence-corrected chi connectivity index (χ2v) is 8.66. The predicted molar refractivity (Wildman–Crippen MR) is 102 cm³/mol. The molecule has 0 atom stereocenters. The fourth-order valence-electron chi connectivity index (χ4n) is 2.25. The van der Waals surface area contributed by atoms with Crippen molar-refractivity contribution < 1.29 is 19.1 Å². The highest BCUT2D eigenvalue weighted by Crippen LogP contribution is 2.23. The van der Waals surface area contributed by atoms with E-state index in [1.165, 1.54) is 4.57 Å². The first-order valence-electron chi connectivity index (χ1n) is 8.23. The maximum atomic E-state index is 12.7. The number of ether oxygens (including phenoxy) is 2. The van der Waals surface area contributed by atoms with Gasteiger partial charge in [-0.2, -0.15) is 0 Å². The number of carbonyl (C=O) groups excluding carboxylic acids is 2. The lowest BCUT2D eigenvalue weighted by Crippen LogP contribution is -2.33. The third-order valence-corrected chi connectivity index (χ3v) is 3.53.